The molecule has 0 spiro atoms. The lowest BCUT2D eigenvalue weighted by molar-refractivity contribution is -0.142. The summed E-state index contributed by atoms with van der Waals surface area (Å²) in [7, 11) is 0. The van der Waals surface area contributed by atoms with Crippen molar-refractivity contribution in [1.82, 2.24) is 14.6 Å². The first-order valence-electron chi connectivity index (χ1n) is 5.21. The van der Waals surface area contributed by atoms with Crippen LogP contribution >= 0.6 is 27.3 Å². The molecule has 0 fully saturated rings. The van der Waals surface area contributed by atoms with Crippen LogP contribution in [0.25, 0.3) is 15.2 Å². The van der Waals surface area contributed by atoms with Gasteiger partial charge >= 0.3 is 5.97 Å². The van der Waals surface area contributed by atoms with Crippen molar-refractivity contribution >= 4 is 48.4 Å². The van der Waals surface area contributed by atoms with Crippen LogP contribution in [0.2, 0.25) is 0 Å². The molecule has 0 atom stereocenters. The Morgan fingerprint density at radius 2 is 2.33 bits per heavy atom. The Kier molecular flexibility index (Phi) is 2.79. The number of ether oxygens (including phenoxy) is 1. The van der Waals surface area contributed by atoms with Crippen molar-refractivity contribution in [1.29, 1.82) is 0 Å². The second-order valence-corrected chi connectivity index (χ2v) is 5.45. The van der Waals surface area contributed by atoms with Gasteiger partial charge in [-0.05, 0) is 22.0 Å². The molecule has 3 aromatic rings. The minimum Gasteiger partial charge on any atom is -0.461 e. The number of carbonyl (C=O) groups excluding carboxylic acids is 1. The number of carbonyl (C=O) groups is 1. The van der Waals surface area contributed by atoms with Crippen LogP contribution in [0.4, 0.5) is 0 Å². The zero-order chi connectivity index (χ0) is 12.7. The van der Waals surface area contributed by atoms with E-state index in [1.807, 2.05) is 22.6 Å². The Morgan fingerprint density at radius 1 is 1.50 bits per heavy atom. The summed E-state index contributed by atoms with van der Waals surface area (Å²) in [4.78, 5) is 11.7. The predicted octanol–water partition coefficient (Wildman–Crippen LogP) is 2.77. The van der Waals surface area contributed by atoms with E-state index in [1.165, 1.54) is 6.92 Å². The molecular weight excluding hydrogens is 318 g/mol. The number of nitrogens with zero attached hydrogens (tertiary/aromatic N) is 3. The predicted molar refractivity (Wildman–Crippen MR) is 71.5 cm³/mol. The van der Waals surface area contributed by atoms with Gasteiger partial charge in [-0.15, -0.1) is 10.2 Å². The van der Waals surface area contributed by atoms with Gasteiger partial charge in [0.15, 0.2) is 0 Å². The third kappa shape index (κ3) is 1.79. The van der Waals surface area contributed by atoms with Crippen molar-refractivity contribution in [3.8, 4) is 0 Å². The molecule has 0 N–H and O–H groups in total. The van der Waals surface area contributed by atoms with E-state index in [2.05, 4.69) is 26.1 Å². The first kappa shape index (κ1) is 11.6. The average molecular weight is 326 g/mol. The van der Waals surface area contributed by atoms with E-state index in [-0.39, 0.29) is 12.6 Å². The van der Waals surface area contributed by atoms with Crippen LogP contribution < -0.4 is 0 Å². The van der Waals surface area contributed by atoms with Crippen molar-refractivity contribution < 1.29 is 9.53 Å². The van der Waals surface area contributed by atoms with Gasteiger partial charge in [-0.2, -0.15) is 0 Å². The molecule has 0 aliphatic rings. The third-order valence-electron chi connectivity index (χ3n) is 2.53. The molecule has 0 saturated heterocycles. The van der Waals surface area contributed by atoms with E-state index >= 15 is 0 Å². The molecule has 7 heteroatoms. The van der Waals surface area contributed by atoms with Crippen LogP contribution in [-0.4, -0.2) is 20.6 Å². The number of rotatable bonds is 2. The van der Waals surface area contributed by atoms with E-state index < -0.39 is 0 Å². The van der Waals surface area contributed by atoms with E-state index in [4.69, 9.17) is 4.74 Å². The summed E-state index contributed by atoms with van der Waals surface area (Å²) in [6, 6.07) is 5.89. The van der Waals surface area contributed by atoms with Crippen LogP contribution in [0.3, 0.4) is 0 Å². The van der Waals surface area contributed by atoms with Crippen LogP contribution in [0.1, 0.15) is 12.5 Å². The van der Waals surface area contributed by atoms with Crippen LogP contribution in [-0.2, 0) is 16.1 Å². The van der Waals surface area contributed by atoms with Gasteiger partial charge in [0.1, 0.15) is 6.61 Å². The maximum absolute atomic E-state index is 10.9. The number of hydrogen-bond acceptors (Lipinski definition) is 5. The smallest absolute Gasteiger partial charge is 0.302 e. The molecule has 18 heavy (non-hydrogen) atoms. The number of esters is 1. The van der Waals surface area contributed by atoms with Crippen LogP contribution in [0.15, 0.2) is 22.9 Å². The number of hydrogen-bond donors (Lipinski definition) is 0. The Bertz CT molecular complexity index is 749. The number of aromatic nitrogens is 3. The summed E-state index contributed by atoms with van der Waals surface area (Å²) in [5, 5.41) is 8.04. The highest BCUT2D eigenvalue weighted by atomic mass is 79.9. The van der Waals surface area contributed by atoms with Crippen molar-refractivity contribution in [2.45, 2.75) is 13.5 Å². The fourth-order valence-corrected chi connectivity index (χ4v) is 3.36. The molecule has 0 aliphatic carbocycles. The van der Waals surface area contributed by atoms with Crippen molar-refractivity contribution in [3.63, 3.8) is 0 Å². The lowest BCUT2D eigenvalue weighted by Gasteiger charge is -2.04. The number of para-hydroxylation sites is 1. The van der Waals surface area contributed by atoms with Crippen LogP contribution in [0, 0.1) is 0 Å². The molecule has 0 radical (unpaired) electrons. The molecule has 92 valence electrons. The minimum atomic E-state index is -0.290. The molecule has 3 rings (SSSR count). The van der Waals surface area contributed by atoms with Crippen molar-refractivity contribution in [3.05, 3.63) is 28.5 Å². The zero-order valence-electron chi connectivity index (χ0n) is 9.38. The monoisotopic (exact) mass is 325 g/mol. The summed E-state index contributed by atoms with van der Waals surface area (Å²) >= 11 is 4.92. The van der Waals surface area contributed by atoms with Gasteiger partial charge in [-0.1, -0.05) is 23.5 Å². The third-order valence-corrected chi connectivity index (χ3v) is 4.04. The Balaban J connectivity index is 2.23. The number of thiazole rings is 1. The summed E-state index contributed by atoms with van der Waals surface area (Å²) in [5.74, 6) is -0.290. The lowest BCUT2D eigenvalue weighted by atomic mass is 10.2. The van der Waals surface area contributed by atoms with E-state index in [0.29, 0.717) is 4.73 Å². The van der Waals surface area contributed by atoms with E-state index in [9.17, 15) is 4.79 Å². The number of fused-ring (bicyclic) bond motifs is 3. The van der Waals surface area contributed by atoms with Gasteiger partial charge in [0.2, 0.25) is 9.69 Å². The molecule has 0 amide bonds. The highest BCUT2D eigenvalue weighted by Crippen LogP contribution is 2.30. The van der Waals surface area contributed by atoms with Crippen LogP contribution in [0.5, 0.6) is 0 Å². The first-order chi connectivity index (χ1) is 8.66. The maximum Gasteiger partial charge on any atom is 0.302 e. The van der Waals surface area contributed by atoms with E-state index in [0.717, 1.165) is 20.7 Å². The second-order valence-electron chi connectivity index (χ2n) is 3.73. The van der Waals surface area contributed by atoms with Gasteiger partial charge in [-0.25, -0.2) is 0 Å². The summed E-state index contributed by atoms with van der Waals surface area (Å²) < 4.78 is 8.72. The van der Waals surface area contributed by atoms with Gasteiger partial charge in [0.05, 0.1) is 10.2 Å². The largest absolute Gasteiger partial charge is 0.461 e. The summed E-state index contributed by atoms with van der Waals surface area (Å²) in [6.07, 6.45) is 0. The molecule has 0 unspecified atom stereocenters. The zero-order valence-corrected chi connectivity index (χ0v) is 11.8. The standard InChI is InChI=1S/C11H8BrN3O2S/c1-6(16)17-5-7-3-2-4-8-9(7)15-10(12)13-14-11(15)18-8/h2-4H,5H2,1H3. The van der Waals surface area contributed by atoms with Gasteiger partial charge < -0.3 is 4.74 Å². The fourth-order valence-electron chi connectivity index (χ4n) is 1.80. The highest BCUT2D eigenvalue weighted by molar-refractivity contribution is 9.10. The van der Waals surface area contributed by atoms with Crippen molar-refractivity contribution in [2.24, 2.45) is 0 Å². The maximum atomic E-state index is 10.9. The summed E-state index contributed by atoms with van der Waals surface area (Å²) in [6.45, 7) is 1.65. The Labute approximate surface area is 115 Å². The molecule has 0 aliphatic heterocycles. The molecular formula is C11H8BrN3O2S. The van der Waals surface area contributed by atoms with Crippen molar-refractivity contribution in [2.75, 3.05) is 0 Å². The number of benzene rings is 1. The quantitative estimate of drug-likeness (QED) is 0.680. The minimum absolute atomic E-state index is 0.253. The molecule has 2 aromatic heterocycles. The summed E-state index contributed by atoms with van der Waals surface area (Å²) in [5.41, 5.74) is 1.92. The second kappa shape index (κ2) is 4.33. The molecule has 2 heterocycles. The molecule has 1 aromatic carbocycles. The number of halogens is 1. The Hall–Kier alpha value is -1.47. The molecule has 0 bridgehead atoms. The van der Waals surface area contributed by atoms with Gasteiger partial charge in [0.25, 0.3) is 0 Å². The SMILES string of the molecule is CC(=O)OCc1cccc2sc3nnc(Br)n3c12. The van der Waals surface area contributed by atoms with E-state index in [1.54, 1.807) is 11.3 Å². The molecule has 0 saturated carbocycles. The lowest BCUT2D eigenvalue weighted by Crippen LogP contribution is -2.00. The van der Waals surface area contributed by atoms with Gasteiger partial charge in [-0.3, -0.25) is 9.20 Å². The average Bonchev–Trinajstić information content (AvgIpc) is 2.87. The first-order valence-corrected chi connectivity index (χ1v) is 6.82. The Morgan fingerprint density at radius 3 is 3.11 bits per heavy atom. The normalized spacial score (nSPS) is 11.2. The molecule has 5 nitrogen and oxygen atoms in total. The fraction of sp³-hybridized carbons (Fsp3) is 0.182. The topological polar surface area (TPSA) is 56.5 Å². The van der Waals surface area contributed by atoms with Gasteiger partial charge in [0, 0.05) is 12.5 Å². The highest BCUT2D eigenvalue weighted by Gasteiger charge is 2.14.